The van der Waals surface area contributed by atoms with Crippen LogP contribution in [0.1, 0.15) is 45.1 Å². The fraction of sp³-hybridized carbons (Fsp3) is 0.714. The molecule has 2 unspecified atom stereocenters. The van der Waals surface area contributed by atoms with Crippen LogP contribution in [0, 0.1) is 0 Å². The van der Waals surface area contributed by atoms with Gasteiger partial charge >= 0.3 is 0 Å². The topological polar surface area (TPSA) is 68.2 Å². The lowest BCUT2D eigenvalue weighted by molar-refractivity contribution is -0.0817. The van der Waals surface area contributed by atoms with Crippen LogP contribution in [-0.2, 0) is 16.0 Å². The number of nitrogens with one attached hydrogen (secondary N) is 1. The summed E-state index contributed by atoms with van der Waals surface area (Å²) in [6.07, 6.45) is 6.44. The Bertz CT molecular complexity index is 626. The molecule has 0 aromatic carbocycles. The Hall–Kier alpha value is -1.13. The van der Waals surface area contributed by atoms with Gasteiger partial charge < -0.3 is 24.4 Å². The third-order valence-electron chi connectivity index (χ3n) is 5.09. The average Bonchev–Trinajstić information content (AvgIpc) is 3.27. The van der Waals surface area contributed by atoms with Crippen molar-refractivity contribution in [2.75, 3.05) is 39.5 Å². The Kier molecular flexibility index (Phi) is 11.0. The van der Waals surface area contributed by atoms with Gasteiger partial charge in [0.05, 0.1) is 25.9 Å². The molecule has 2 aliphatic heterocycles. The van der Waals surface area contributed by atoms with Crippen LogP contribution in [0.4, 0.5) is 0 Å². The van der Waals surface area contributed by atoms with Crippen LogP contribution in [0.5, 0.6) is 5.88 Å². The standard InChI is InChI=1S/C21H34N4O3.HI/c1-3-5-12-28-20-17(8-6-10-23-20)15-24-21(22-4-2)25-11-14-27-19(16-25)18-9-7-13-26-18;/h6,8,10,18-19H,3-5,7,9,11-16H2,1-2H3,(H,22,24);1H. The fourth-order valence-corrected chi connectivity index (χ4v) is 3.56. The van der Waals surface area contributed by atoms with E-state index in [0.717, 1.165) is 63.4 Å². The molecule has 0 amide bonds. The van der Waals surface area contributed by atoms with Crippen molar-refractivity contribution in [2.24, 2.45) is 4.99 Å². The van der Waals surface area contributed by atoms with Crippen LogP contribution < -0.4 is 10.1 Å². The Morgan fingerprint density at radius 3 is 2.93 bits per heavy atom. The molecular weight excluding hydrogens is 483 g/mol. The molecule has 3 rings (SSSR count). The molecule has 0 spiro atoms. The van der Waals surface area contributed by atoms with Gasteiger partial charge in [0.1, 0.15) is 6.10 Å². The average molecular weight is 518 g/mol. The van der Waals surface area contributed by atoms with Crippen molar-refractivity contribution in [3.63, 3.8) is 0 Å². The first-order chi connectivity index (χ1) is 13.8. The normalized spacial score (nSPS) is 22.3. The summed E-state index contributed by atoms with van der Waals surface area (Å²) in [7, 11) is 0. The van der Waals surface area contributed by atoms with E-state index in [9.17, 15) is 0 Å². The molecule has 2 saturated heterocycles. The fourth-order valence-electron chi connectivity index (χ4n) is 3.56. The molecule has 7 nitrogen and oxygen atoms in total. The van der Waals surface area contributed by atoms with E-state index in [-0.39, 0.29) is 36.2 Å². The number of aromatic nitrogens is 1. The van der Waals surface area contributed by atoms with Gasteiger partial charge in [0, 0.05) is 38.0 Å². The molecular formula is C21H35IN4O3. The molecule has 1 aromatic heterocycles. The SMILES string of the molecule is CCCCOc1ncccc1CN=C(NCC)N1CCOC(C2CCCO2)C1.I. The smallest absolute Gasteiger partial charge is 0.218 e. The number of halogens is 1. The van der Waals surface area contributed by atoms with Gasteiger partial charge in [-0.15, -0.1) is 24.0 Å². The van der Waals surface area contributed by atoms with Gasteiger partial charge in [0.25, 0.3) is 0 Å². The minimum Gasteiger partial charge on any atom is -0.477 e. The molecule has 164 valence electrons. The summed E-state index contributed by atoms with van der Waals surface area (Å²) in [5.41, 5.74) is 1.01. The number of hydrogen-bond acceptors (Lipinski definition) is 5. The highest BCUT2D eigenvalue weighted by atomic mass is 127. The number of nitrogens with zero attached hydrogens (tertiary/aromatic N) is 3. The zero-order valence-electron chi connectivity index (χ0n) is 17.6. The minimum atomic E-state index is 0. The lowest BCUT2D eigenvalue weighted by atomic mass is 10.1. The molecule has 1 N–H and O–H groups in total. The molecule has 2 aliphatic rings. The van der Waals surface area contributed by atoms with Crippen molar-refractivity contribution in [3.8, 4) is 5.88 Å². The highest BCUT2D eigenvalue weighted by Crippen LogP contribution is 2.21. The van der Waals surface area contributed by atoms with Crippen molar-refractivity contribution in [3.05, 3.63) is 23.9 Å². The van der Waals surface area contributed by atoms with Crippen LogP contribution in [0.15, 0.2) is 23.3 Å². The third-order valence-corrected chi connectivity index (χ3v) is 5.09. The number of ether oxygens (including phenoxy) is 3. The number of aliphatic imine (C=N–C) groups is 1. The van der Waals surface area contributed by atoms with Gasteiger partial charge in [-0.2, -0.15) is 0 Å². The Morgan fingerprint density at radius 1 is 1.31 bits per heavy atom. The molecule has 0 radical (unpaired) electrons. The summed E-state index contributed by atoms with van der Waals surface area (Å²) in [6, 6.07) is 3.97. The van der Waals surface area contributed by atoms with Gasteiger partial charge in [-0.1, -0.05) is 19.4 Å². The number of guanidine groups is 1. The van der Waals surface area contributed by atoms with E-state index < -0.39 is 0 Å². The molecule has 0 aliphatic carbocycles. The van der Waals surface area contributed by atoms with Crippen LogP contribution in [0.25, 0.3) is 0 Å². The van der Waals surface area contributed by atoms with Crippen molar-refractivity contribution in [1.82, 2.24) is 15.2 Å². The maximum atomic E-state index is 5.98. The van der Waals surface area contributed by atoms with Gasteiger partial charge in [0.2, 0.25) is 5.88 Å². The second-order valence-electron chi connectivity index (χ2n) is 7.25. The van der Waals surface area contributed by atoms with Gasteiger partial charge in [-0.25, -0.2) is 9.98 Å². The second kappa shape index (κ2) is 13.2. The van der Waals surface area contributed by atoms with E-state index in [1.165, 1.54) is 0 Å². The molecule has 8 heteroatoms. The van der Waals surface area contributed by atoms with E-state index >= 15 is 0 Å². The lowest BCUT2D eigenvalue weighted by Gasteiger charge is -2.37. The van der Waals surface area contributed by atoms with Crippen molar-refractivity contribution >= 4 is 29.9 Å². The maximum absolute atomic E-state index is 5.98. The monoisotopic (exact) mass is 518 g/mol. The Balaban J connectivity index is 0.00000300. The second-order valence-corrected chi connectivity index (χ2v) is 7.25. The Morgan fingerprint density at radius 2 is 2.17 bits per heavy atom. The quantitative estimate of drug-likeness (QED) is 0.247. The van der Waals surface area contributed by atoms with Crippen molar-refractivity contribution in [1.29, 1.82) is 0 Å². The molecule has 3 heterocycles. The lowest BCUT2D eigenvalue weighted by Crippen LogP contribution is -2.53. The van der Waals surface area contributed by atoms with Crippen LogP contribution in [-0.4, -0.2) is 67.5 Å². The van der Waals surface area contributed by atoms with Crippen LogP contribution in [0.3, 0.4) is 0 Å². The first-order valence-corrected chi connectivity index (χ1v) is 10.6. The van der Waals surface area contributed by atoms with Gasteiger partial charge in [-0.05, 0) is 32.3 Å². The van der Waals surface area contributed by atoms with Gasteiger partial charge in [0.15, 0.2) is 5.96 Å². The zero-order valence-corrected chi connectivity index (χ0v) is 20.0. The van der Waals surface area contributed by atoms with E-state index in [1.807, 2.05) is 12.1 Å². The summed E-state index contributed by atoms with van der Waals surface area (Å²) >= 11 is 0. The molecule has 2 fully saturated rings. The predicted octanol–water partition coefficient (Wildman–Crippen LogP) is 3.22. The molecule has 0 saturated carbocycles. The third kappa shape index (κ3) is 7.25. The predicted molar refractivity (Wildman–Crippen MR) is 125 cm³/mol. The molecule has 0 bridgehead atoms. The number of unbranched alkanes of at least 4 members (excludes halogenated alkanes) is 1. The first-order valence-electron chi connectivity index (χ1n) is 10.6. The minimum absolute atomic E-state index is 0. The summed E-state index contributed by atoms with van der Waals surface area (Å²) in [6.45, 7) is 9.50. The van der Waals surface area contributed by atoms with Crippen LogP contribution in [0.2, 0.25) is 0 Å². The number of rotatable bonds is 8. The zero-order chi connectivity index (χ0) is 19.6. The maximum Gasteiger partial charge on any atom is 0.218 e. The summed E-state index contributed by atoms with van der Waals surface area (Å²) < 4.78 is 17.7. The number of morpholine rings is 1. The van der Waals surface area contributed by atoms with E-state index in [0.29, 0.717) is 25.6 Å². The highest BCUT2D eigenvalue weighted by Gasteiger charge is 2.32. The van der Waals surface area contributed by atoms with Crippen molar-refractivity contribution in [2.45, 2.75) is 58.3 Å². The molecule has 29 heavy (non-hydrogen) atoms. The number of pyridine rings is 1. The summed E-state index contributed by atoms with van der Waals surface area (Å²) in [5, 5.41) is 3.42. The molecule has 2 atom stereocenters. The van der Waals surface area contributed by atoms with E-state index in [1.54, 1.807) is 6.20 Å². The van der Waals surface area contributed by atoms with Gasteiger partial charge in [-0.3, -0.25) is 0 Å². The number of hydrogen-bond donors (Lipinski definition) is 1. The first kappa shape index (κ1) is 24.1. The molecule has 1 aromatic rings. The van der Waals surface area contributed by atoms with Crippen molar-refractivity contribution < 1.29 is 14.2 Å². The Labute approximate surface area is 191 Å². The highest BCUT2D eigenvalue weighted by molar-refractivity contribution is 14.0. The van der Waals surface area contributed by atoms with Crippen LogP contribution >= 0.6 is 24.0 Å². The summed E-state index contributed by atoms with van der Waals surface area (Å²) in [5.74, 6) is 1.60. The van der Waals surface area contributed by atoms with E-state index in [2.05, 4.69) is 29.0 Å². The largest absolute Gasteiger partial charge is 0.477 e. The summed E-state index contributed by atoms with van der Waals surface area (Å²) in [4.78, 5) is 11.5. The van der Waals surface area contributed by atoms with E-state index in [4.69, 9.17) is 19.2 Å².